The molecule has 0 aromatic rings. The zero-order valence-corrected chi connectivity index (χ0v) is 11.6. The average molecular weight is 266 g/mol. The number of carbonyl (C=O) groups is 2. The van der Waals surface area contributed by atoms with E-state index < -0.39 is 18.2 Å². The Bertz CT molecular complexity index is 171. The van der Waals surface area contributed by atoms with E-state index in [1.54, 1.807) is 0 Å². The van der Waals surface area contributed by atoms with Gasteiger partial charge in [-0.25, -0.2) is 0 Å². The third kappa shape index (κ3) is 83.1. The first-order valence-electron chi connectivity index (χ1n) is 5.84. The molecule has 6 nitrogen and oxygen atoms in total. The van der Waals surface area contributed by atoms with Crippen molar-refractivity contribution in [2.75, 3.05) is 0 Å². The summed E-state index contributed by atoms with van der Waals surface area (Å²) >= 11 is 0. The summed E-state index contributed by atoms with van der Waals surface area (Å²) in [5.41, 5.74) is 0. The summed E-state index contributed by atoms with van der Waals surface area (Å²) in [5, 5.41) is 31.8. The maximum atomic E-state index is 9.00. The number of unbranched alkanes of at least 4 members (excludes halogenated alkanes) is 1. The van der Waals surface area contributed by atoms with Crippen LogP contribution in [0.3, 0.4) is 0 Å². The molecule has 0 fully saturated rings. The molecule has 0 aliphatic carbocycles. The second kappa shape index (κ2) is 15.9. The van der Waals surface area contributed by atoms with Gasteiger partial charge in [-0.3, -0.25) is 9.59 Å². The van der Waals surface area contributed by atoms with E-state index in [0.29, 0.717) is 6.42 Å². The molecule has 18 heavy (non-hydrogen) atoms. The van der Waals surface area contributed by atoms with Crippen LogP contribution in [0.4, 0.5) is 0 Å². The fourth-order valence-electron chi connectivity index (χ4n) is 0.879. The Morgan fingerprint density at radius 2 is 1.17 bits per heavy atom. The lowest BCUT2D eigenvalue weighted by Crippen LogP contribution is -2.03. The van der Waals surface area contributed by atoms with Crippen LogP contribution >= 0.6 is 0 Å². The van der Waals surface area contributed by atoms with Crippen molar-refractivity contribution in [1.29, 1.82) is 0 Å². The molecule has 0 unspecified atom stereocenters. The molecule has 0 saturated heterocycles. The van der Waals surface area contributed by atoms with E-state index in [-0.39, 0.29) is 0 Å². The second-order valence-electron chi connectivity index (χ2n) is 4.20. The van der Waals surface area contributed by atoms with Gasteiger partial charge in [0.05, 0.1) is 0 Å². The number of aliphatic hydroxyl groups is 2. The Kier molecular flexibility index (Phi) is 19.5. The van der Waals surface area contributed by atoms with Gasteiger partial charge in [0.25, 0.3) is 11.9 Å². The molecule has 0 heterocycles. The first kappa shape index (κ1) is 22.1. The maximum absolute atomic E-state index is 9.00. The number of carboxylic acid groups (broad SMARTS) is 2. The highest BCUT2D eigenvalue weighted by Gasteiger charge is 1.97. The fraction of sp³-hybridized carbons (Fsp3) is 0.833. The van der Waals surface area contributed by atoms with Gasteiger partial charge in [-0.2, -0.15) is 0 Å². The molecule has 0 amide bonds. The minimum absolute atomic E-state index is 0.521. The molecule has 0 atom stereocenters. The van der Waals surface area contributed by atoms with Crippen molar-refractivity contribution in [2.45, 2.75) is 59.7 Å². The molecular weight excluding hydrogens is 240 g/mol. The van der Waals surface area contributed by atoms with E-state index in [9.17, 15) is 0 Å². The smallest absolute Gasteiger partial charge is 0.300 e. The van der Waals surface area contributed by atoms with Crippen LogP contribution in [0, 0.1) is 5.92 Å². The number of rotatable bonds is 5. The van der Waals surface area contributed by atoms with Gasteiger partial charge < -0.3 is 20.4 Å². The van der Waals surface area contributed by atoms with Crippen LogP contribution in [0.5, 0.6) is 0 Å². The Labute approximate surface area is 108 Å². The van der Waals surface area contributed by atoms with E-state index >= 15 is 0 Å². The van der Waals surface area contributed by atoms with E-state index in [0.717, 1.165) is 32.6 Å². The standard InChI is InChI=1S/C8H18O2.2C2H4O2/c1-7(2)5-3-4-6-8(9)10;2*1-2(3)4/h7-10H,3-6H2,1-2H3;2*1H3,(H,3,4). The van der Waals surface area contributed by atoms with Crippen molar-refractivity contribution in [1.82, 2.24) is 0 Å². The monoisotopic (exact) mass is 266 g/mol. The zero-order chi connectivity index (χ0) is 15.1. The van der Waals surface area contributed by atoms with Gasteiger partial charge in [0.2, 0.25) is 0 Å². The molecule has 0 bridgehead atoms. The van der Waals surface area contributed by atoms with Crippen molar-refractivity contribution in [3.8, 4) is 0 Å². The third-order valence-corrected chi connectivity index (χ3v) is 1.49. The van der Waals surface area contributed by atoms with Crippen LogP contribution in [-0.2, 0) is 9.59 Å². The summed E-state index contributed by atoms with van der Waals surface area (Å²) in [6.07, 6.45) is 2.64. The Hall–Kier alpha value is -1.14. The van der Waals surface area contributed by atoms with Crippen LogP contribution < -0.4 is 0 Å². The van der Waals surface area contributed by atoms with Gasteiger partial charge in [0, 0.05) is 13.8 Å². The molecule has 0 spiro atoms. The highest BCUT2D eigenvalue weighted by molar-refractivity contribution is 5.63. The summed E-state index contributed by atoms with van der Waals surface area (Å²) < 4.78 is 0. The minimum Gasteiger partial charge on any atom is -0.481 e. The molecular formula is C12H26O6. The predicted octanol–water partition coefficient (Wildman–Crippen LogP) is 1.70. The molecule has 0 saturated carbocycles. The van der Waals surface area contributed by atoms with Crippen LogP contribution in [0.15, 0.2) is 0 Å². The fourth-order valence-corrected chi connectivity index (χ4v) is 0.879. The molecule has 0 aliphatic rings. The topological polar surface area (TPSA) is 115 Å². The molecule has 0 rings (SSSR count). The highest BCUT2D eigenvalue weighted by Crippen LogP contribution is 2.08. The lowest BCUT2D eigenvalue weighted by Gasteiger charge is -2.04. The molecule has 110 valence electrons. The first-order chi connectivity index (χ1) is 8.09. The molecule has 0 aromatic carbocycles. The summed E-state index contributed by atoms with van der Waals surface area (Å²) in [5.74, 6) is -0.934. The summed E-state index contributed by atoms with van der Waals surface area (Å²) in [7, 11) is 0. The van der Waals surface area contributed by atoms with Gasteiger partial charge in [-0.1, -0.05) is 26.7 Å². The van der Waals surface area contributed by atoms with E-state index in [2.05, 4.69) is 13.8 Å². The molecule has 0 aromatic heterocycles. The summed E-state index contributed by atoms with van der Waals surface area (Å²) in [6.45, 7) is 6.52. The first-order valence-corrected chi connectivity index (χ1v) is 5.84. The van der Waals surface area contributed by atoms with E-state index in [4.69, 9.17) is 30.0 Å². The highest BCUT2D eigenvalue weighted by atomic mass is 16.5. The summed E-state index contributed by atoms with van der Waals surface area (Å²) in [4.78, 5) is 18.0. The normalized spacial score (nSPS) is 9.11. The largest absolute Gasteiger partial charge is 0.481 e. The third-order valence-electron chi connectivity index (χ3n) is 1.49. The van der Waals surface area contributed by atoms with Crippen molar-refractivity contribution < 1.29 is 30.0 Å². The van der Waals surface area contributed by atoms with E-state index in [1.807, 2.05) is 0 Å². The van der Waals surface area contributed by atoms with Crippen LogP contribution in [0.25, 0.3) is 0 Å². The van der Waals surface area contributed by atoms with Crippen LogP contribution in [0.2, 0.25) is 0 Å². The van der Waals surface area contributed by atoms with Crippen molar-refractivity contribution in [3.63, 3.8) is 0 Å². The van der Waals surface area contributed by atoms with Gasteiger partial charge in [0.15, 0.2) is 6.29 Å². The maximum Gasteiger partial charge on any atom is 0.300 e. The molecule has 0 aliphatic heterocycles. The van der Waals surface area contributed by atoms with Gasteiger partial charge in [0.1, 0.15) is 0 Å². The van der Waals surface area contributed by atoms with Crippen molar-refractivity contribution in [3.05, 3.63) is 0 Å². The average Bonchev–Trinajstić information content (AvgIpc) is 2.09. The van der Waals surface area contributed by atoms with Gasteiger partial charge in [-0.05, 0) is 18.8 Å². The molecule has 6 heteroatoms. The Balaban J connectivity index is -0.000000233. The Morgan fingerprint density at radius 1 is 0.889 bits per heavy atom. The van der Waals surface area contributed by atoms with E-state index in [1.165, 1.54) is 6.42 Å². The second-order valence-corrected chi connectivity index (χ2v) is 4.20. The lowest BCUT2D eigenvalue weighted by atomic mass is 10.1. The zero-order valence-electron chi connectivity index (χ0n) is 11.6. The quantitative estimate of drug-likeness (QED) is 0.444. The van der Waals surface area contributed by atoms with Gasteiger partial charge in [-0.15, -0.1) is 0 Å². The molecule has 0 radical (unpaired) electrons. The SMILES string of the molecule is CC(=O)O.CC(=O)O.CC(C)CCCCC(O)O. The number of aliphatic hydroxyl groups excluding tert-OH is 1. The number of hydrogen-bond acceptors (Lipinski definition) is 4. The number of aliphatic carboxylic acids is 2. The summed E-state index contributed by atoms with van der Waals surface area (Å²) in [6, 6.07) is 0. The van der Waals surface area contributed by atoms with Crippen molar-refractivity contribution >= 4 is 11.9 Å². The minimum atomic E-state index is -1.10. The number of carboxylic acids is 2. The predicted molar refractivity (Wildman–Crippen MR) is 68.2 cm³/mol. The lowest BCUT2D eigenvalue weighted by molar-refractivity contribution is -0.135. The van der Waals surface area contributed by atoms with Crippen LogP contribution in [-0.4, -0.2) is 38.7 Å². The Morgan fingerprint density at radius 3 is 1.39 bits per heavy atom. The molecule has 4 N–H and O–H groups in total. The van der Waals surface area contributed by atoms with Crippen molar-refractivity contribution in [2.24, 2.45) is 5.92 Å². The number of hydrogen-bond donors (Lipinski definition) is 4. The van der Waals surface area contributed by atoms with Gasteiger partial charge >= 0.3 is 0 Å². The van der Waals surface area contributed by atoms with Crippen LogP contribution in [0.1, 0.15) is 53.4 Å².